The molecule has 3 rings (SSSR count). The predicted octanol–water partition coefficient (Wildman–Crippen LogP) is 1.61. The Morgan fingerprint density at radius 3 is 2.96 bits per heavy atom. The molecule has 156 valence electrons. The molecule has 0 aromatic heterocycles. The van der Waals surface area contributed by atoms with Crippen molar-refractivity contribution in [1.29, 1.82) is 0 Å². The second kappa shape index (κ2) is 10.1. The molecule has 0 spiro atoms. The van der Waals surface area contributed by atoms with Crippen LogP contribution in [-0.2, 0) is 4.74 Å². The quantitative estimate of drug-likeness (QED) is 0.687. The van der Waals surface area contributed by atoms with Crippen LogP contribution in [0.3, 0.4) is 0 Å². The van der Waals surface area contributed by atoms with Gasteiger partial charge in [0.15, 0.2) is 11.5 Å². The smallest absolute Gasteiger partial charge is 0.255 e. The number of rotatable bonds is 7. The van der Waals surface area contributed by atoms with E-state index in [0.717, 1.165) is 44.5 Å². The molecule has 0 radical (unpaired) electrons. The van der Waals surface area contributed by atoms with Gasteiger partial charge in [-0.1, -0.05) is 0 Å². The molecule has 2 aliphatic rings. The normalized spacial score (nSPS) is 22.5. The zero-order valence-corrected chi connectivity index (χ0v) is 16.9. The minimum atomic E-state index is -0.439. The van der Waals surface area contributed by atoms with Crippen molar-refractivity contribution in [3.63, 3.8) is 0 Å². The number of β-amino-alcohol motifs (C(OH)–C–C–N with tert-alkyl or cyclic N) is 1. The van der Waals surface area contributed by atoms with E-state index >= 15 is 0 Å². The van der Waals surface area contributed by atoms with Crippen LogP contribution in [0.4, 0.5) is 0 Å². The van der Waals surface area contributed by atoms with Crippen molar-refractivity contribution in [2.24, 2.45) is 5.92 Å². The average Bonchev–Trinajstić information content (AvgIpc) is 2.92. The lowest BCUT2D eigenvalue weighted by Gasteiger charge is -2.36. The number of carbonyl (C=O) groups is 1. The zero-order chi connectivity index (χ0) is 19.9. The van der Waals surface area contributed by atoms with Crippen LogP contribution in [0.5, 0.6) is 11.5 Å². The lowest BCUT2D eigenvalue weighted by atomic mass is 9.93. The Balaban J connectivity index is 1.56. The fraction of sp³-hybridized carbons (Fsp3) is 0.667. The molecule has 1 aromatic carbocycles. The number of hydrogen-bond donors (Lipinski definition) is 2. The highest BCUT2D eigenvalue weighted by Crippen LogP contribution is 2.34. The van der Waals surface area contributed by atoms with Gasteiger partial charge in [0.2, 0.25) is 0 Å². The largest absolute Gasteiger partial charge is 0.490 e. The highest BCUT2D eigenvalue weighted by atomic mass is 16.5. The number of amides is 1. The fourth-order valence-electron chi connectivity index (χ4n) is 3.82. The maximum Gasteiger partial charge on any atom is 0.255 e. The summed E-state index contributed by atoms with van der Waals surface area (Å²) >= 11 is 0. The Kier molecular flexibility index (Phi) is 7.53. The molecule has 0 aliphatic carbocycles. The van der Waals surface area contributed by atoms with Crippen molar-refractivity contribution >= 4 is 5.91 Å². The number of aryl methyl sites for hydroxylation is 1. The van der Waals surface area contributed by atoms with Gasteiger partial charge in [0.1, 0.15) is 0 Å². The van der Waals surface area contributed by atoms with E-state index in [1.54, 1.807) is 7.11 Å². The molecule has 28 heavy (non-hydrogen) atoms. The van der Waals surface area contributed by atoms with Crippen LogP contribution in [0.25, 0.3) is 0 Å². The summed E-state index contributed by atoms with van der Waals surface area (Å²) in [7, 11) is 1.70. The summed E-state index contributed by atoms with van der Waals surface area (Å²) in [5.74, 6) is 1.03. The fourth-order valence-corrected chi connectivity index (χ4v) is 3.82. The van der Waals surface area contributed by atoms with Crippen LogP contribution in [0, 0.1) is 12.8 Å². The molecule has 7 heteroatoms. The number of aliphatic hydroxyl groups excluding tert-OH is 1. The lowest BCUT2D eigenvalue weighted by molar-refractivity contribution is 0.0192. The topological polar surface area (TPSA) is 80.3 Å². The molecule has 0 saturated carbocycles. The molecule has 2 N–H and O–H groups in total. The molecule has 1 saturated heterocycles. The van der Waals surface area contributed by atoms with Gasteiger partial charge in [0.25, 0.3) is 5.91 Å². The van der Waals surface area contributed by atoms with E-state index in [0.29, 0.717) is 43.4 Å². The maximum atomic E-state index is 12.8. The Hall–Kier alpha value is -1.83. The van der Waals surface area contributed by atoms with E-state index in [-0.39, 0.29) is 11.8 Å². The molecular formula is C21H32N2O5. The van der Waals surface area contributed by atoms with E-state index in [1.165, 1.54) is 0 Å². The van der Waals surface area contributed by atoms with Gasteiger partial charge in [0, 0.05) is 45.7 Å². The van der Waals surface area contributed by atoms with Gasteiger partial charge < -0.3 is 29.5 Å². The van der Waals surface area contributed by atoms with E-state index in [9.17, 15) is 9.90 Å². The summed E-state index contributed by atoms with van der Waals surface area (Å²) in [6.45, 7) is 6.75. The van der Waals surface area contributed by atoms with Gasteiger partial charge in [-0.2, -0.15) is 0 Å². The van der Waals surface area contributed by atoms with Crippen molar-refractivity contribution in [3.8, 4) is 11.5 Å². The third kappa shape index (κ3) is 5.37. The minimum absolute atomic E-state index is 0.0585. The van der Waals surface area contributed by atoms with Crippen LogP contribution in [0.1, 0.15) is 35.2 Å². The number of nitrogens with one attached hydrogen (secondary N) is 1. The number of ether oxygens (including phenoxy) is 3. The second-order valence-corrected chi connectivity index (χ2v) is 7.66. The van der Waals surface area contributed by atoms with Gasteiger partial charge >= 0.3 is 0 Å². The molecule has 2 atom stereocenters. The number of aliphatic hydroxyl groups is 1. The van der Waals surface area contributed by atoms with Crippen LogP contribution in [0.2, 0.25) is 0 Å². The molecule has 1 aromatic rings. The van der Waals surface area contributed by atoms with Gasteiger partial charge in [-0.25, -0.2) is 0 Å². The number of likely N-dealkylation sites (tertiary alicyclic amines) is 1. The number of hydrogen-bond acceptors (Lipinski definition) is 6. The highest BCUT2D eigenvalue weighted by Gasteiger charge is 2.28. The van der Waals surface area contributed by atoms with E-state index < -0.39 is 6.10 Å². The van der Waals surface area contributed by atoms with Gasteiger partial charge in [-0.15, -0.1) is 0 Å². The molecule has 0 unspecified atom stereocenters. The number of carbonyl (C=O) groups excluding carboxylic acids is 1. The van der Waals surface area contributed by atoms with E-state index in [2.05, 4.69) is 10.2 Å². The van der Waals surface area contributed by atoms with Crippen molar-refractivity contribution in [2.75, 3.05) is 53.1 Å². The van der Waals surface area contributed by atoms with Gasteiger partial charge in [0.05, 0.1) is 24.9 Å². The SMILES string of the molecule is COCCCN1CC[C@H](CNC(=O)c2cc(C)cc3c2OCCCO3)[C@H](O)C1. The molecular weight excluding hydrogens is 360 g/mol. The Labute approximate surface area is 166 Å². The first-order valence-corrected chi connectivity index (χ1v) is 10.2. The number of benzene rings is 1. The van der Waals surface area contributed by atoms with Crippen molar-refractivity contribution < 1.29 is 24.1 Å². The van der Waals surface area contributed by atoms with Crippen LogP contribution < -0.4 is 14.8 Å². The summed E-state index contributed by atoms with van der Waals surface area (Å²) in [5.41, 5.74) is 1.46. The minimum Gasteiger partial charge on any atom is -0.490 e. The van der Waals surface area contributed by atoms with Crippen molar-refractivity contribution in [1.82, 2.24) is 10.2 Å². The molecule has 2 aliphatic heterocycles. The van der Waals surface area contributed by atoms with E-state index in [1.807, 2.05) is 19.1 Å². The molecule has 1 fully saturated rings. The first-order chi connectivity index (χ1) is 13.6. The average molecular weight is 392 g/mol. The second-order valence-electron chi connectivity index (χ2n) is 7.66. The molecule has 0 bridgehead atoms. The van der Waals surface area contributed by atoms with Crippen LogP contribution >= 0.6 is 0 Å². The Morgan fingerprint density at radius 1 is 1.36 bits per heavy atom. The Morgan fingerprint density at radius 2 is 2.18 bits per heavy atom. The molecule has 1 amide bonds. The predicted molar refractivity (Wildman–Crippen MR) is 106 cm³/mol. The summed E-state index contributed by atoms with van der Waals surface area (Å²) in [5, 5.41) is 13.5. The van der Waals surface area contributed by atoms with Crippen LogP contribution in [-0.4, -0.2) is 75.1 Å². The van der Waals surface area contributed by atoms with Crippen molar-refractivity contribution in [3.05, 3.63) is 23.3 Å². The monoisotopic (exact) mass is 392 g/mol. The van der Waals surface area contributed by atoms with Crippen LogP contribution in [0.15, 0.2) is 12.1 Å². The number of piperidine rings is 1. The molecule has 2 heterocycles. The van der Waals surface area contributed by atoms with Gasteiger partial charge in [-0.05, 0) is 44.0 Å². The summed E-state index contributed by atoms with van der Waals surface area (Å²) < 4.78 is 16.6. The standard InChI is InChI=1S/C21H32N2O5/c1-15-11-17(20-19(12-15)27-9-4-10-28-20)21(25)22-13-16-5-7-23(14-18(16)24)6-3-8-26-2/h11-12,16,18,24H,3-10,13-14H2,1-2H3,(H,22,25)/t16-,18-/m1/s1. The third-order valence-corrected chi connectivity index (χ3v) is 5.39. The number of fused-ring (bicyclic) bond motifs is 1. The Bertz CT molecular complexity index is 666. The zero-order valence-electron chi connectivity index (χ0n) is 16.9. The maximum absolute atomic E-state index is 12.8. The van der Waals surface area contributed by atoms with Gasteiger partial charge in [-0.3, -0.25) is 4.79 Å². The number of nitrogens with zero attached hydrogens (tertiary/aromatic N) is 1. The highest BCUT2D eigenvalue weighted by molar-refractivity contribution is 5.98. The molecule has 7 nitrogen and oxygen atoms in total. The first-order valence-electron chi connectivity index (χ1n) is 10.2. The van der Waals surface area contributed by atoms with Crippen molar-refractivity contribution in [2.45, 2.75) is 32.3 Å². The lowest BCUT2D eigenvalue weighted by Crippen LogP contribution is -2.48. The third-order valence-electron chi connectivity index (χ3n) is 5.39. The summed E-state index contributed by atoms with van der Waals surface area (Å²) in [6, 6.07) is 3.73. The summed E-state index contributed by atoms with van der Waals surface area (Å²) in [6.07, 6.45) is 2.18. The van der Waals surface area contributed by atoms with E-state index in [4.69, 9.17) is 14.2 Å². The first kappa shape index (κ1) is 20.9. The number of methoxy groups -OCH3 is 1. The summed E-state index contributed by atoms with van der Waals surface area (Å²) in [4.78, 5) is 15.1.